The maximum atomic E-state index is 2.25. The minimum absolute atomic E-state index is 0. The summed E-state index contributed by atoms with van der Waals surface area (Å²) in [5, 5.41) is 0. The van der Waals surface area contributed by atoms with Crippen LogP contribution in [-0.4, -0.2) is 0 Å². The number of hydrogen-bond acceptors (Lipinski definition) is 0. The fourth-order valence-electron chi connectivity index (χ4n) is 1.98. The molecule has 1 aliphatic rings. The van der Waals surface area contributed by atoms with Crippen molar-refractivity contribution in [1.82, 2.24) is 0 Å². The third-order valence-corrected chi connectivity index (χ3v) is 2.73. The van der Waals surface area contributed by atoms with Crippen LogP contribution >= 0.6 is 0 Å². The summed E-state index contributed by atoms with van der Waals surface area (Å²) in [4.78, 5) is 0. The molecule has 0 fully saturated rings. The van der Waals surface area contributed by atoms with E-state index in [1.807, 2.05) is 0 Å². The second-order valence-electron chi connectivity index (χ2n) is 4.08. The van der Waals surface area contributed by atoms with Crippen LogP contribution in [0, 0.1) is 0 Å². The summed E-state index contributed by atoms with van der Waals surface area (Å²) in [5.41, 5.74) is 2.92. The first-order chi connectivity index (χ1) is 6.79. The molecule has 0 saturated carbocycles. The van der Waals surface area contributed by atoms with E-state index in [2.05, 4.69) is 62.4 Å². The van der Waals surface area contributed by atoms with Gasteiger partial charge in [0, 0.05) is 5.92 Å². The second kappa shape index (κ2) is 5.34. The summed E-state index contributed by atoms with van der Waals surface area (Å²) in [5.74, 6) is 1.10. The van der Waals surface area contributed by atoms with Gasteiger partial charge in [-0.15, -0.1) is 0 Å². The molecule has 15 heavy (non-hydrogen) atoms. The average Bonchev–Trinajstić information content (AvgIpc) is 2.70. The van der Waals surface area contributed by atoms with Gasteiger partial charge in [0.05, 0.1) is 0 Å². The van der Waals surface area contributed by atoms with E-state index in [0.717, 1.165) is 0 Å². The Morgan fingerprint density at radius 1 is 1.00 bits per heavy atom. The molecule has 2 rings (SSSR count). The molecule has 0 aliphatic heterocycles. The van der Waals surface area contributed by atoms with E-state index in [9.17, 15) is 0 Å². The molecule has 0 nitrogen and oxygen atoms in total. The van der Waals surface area contributed by atoms with E-state index < -0.39 is 0 Å². The van der Waals surface area contributed by atoms with Crippen molar-refractivity contribution in [2.75, 3.05) is 0 Å². The van der Waals surface area contributed by atoms with Crippen LogP contribution in [0.3, 0.4) is 0 Å². The van der Waals surface area contributed by atoms with Crippen LogP contribution in [0.1, 0.15) is 36.8 Å². The molecule has 78 valence electrons. The van der Waals surface area contributed by atoms with Crippen molar-refractivity contribution >= 4 is 0 Å². The van der Waals surface area contributed by atoms with Crippen molar-refractivity contribution in [1.29, 1.82) is 0 Å². The predicted molar refractivity (Wildman–Crippen MR) is 61.6 cm³/mol. The minimum atomic E-state index is 0. The Balaban J connectivity index is 0.00000112. The Labute approximate surface area is 103 Å². The number of allylic oxidation sites excluding steroid dienone is 4. The quantitative estimate of drug-likeness (QED) is 0.685. The monoisotopic (exact) mass is 240 g/mol. The molecular weight excluding hydrogens is 224 g/mol. The van der Waals surface area contributed by atoms with Crippen molar-refractivity contribution in [3.8, 4) is 0 Å². The smallest absolute Gasteiger partial charge is 0.0732 e. The van der Waals surface area contributed by atoms with Crippen LogP contribution in [0.15, 0.2) is 48.6 Å². The predicted octanol–water partition coefficient (Wildman–Crippen LogP) is 4.02. The third kappa shape index (κ3) is 2.62. The Morgan fingerprint density at radius 2 is 1.60 bits per heavy atom. The third-order valence-electron chi connectivity index (χ3n) is 2.73. The summed E-state index contributed by atoms with van der Waals surface area (Å²) in [6, 6.07) is 8.72. The summed E-state index contributed by atoms with van der Waals surface area (Å²) >= 11 is 0. The second-order valence-corrected chi connectivity index (χ2v) is 4.08. The van der Waals surface area contributed by atoms with Crippen LogP contribution in [0.25, 0.3) is 0 Å². The van der Waals surface area contributed by atoms with Gasteiger partial charge in [0.2, 0.25) is 0 Å². The molecule has 0 bridgehead atoms. The van der Waals surface area contributed by atoms with Gasteiger partial charge in [-0.2, -0.15) is 0 Å². The van der Waals surface area contributed by atoms with Gasteiger partial charge in [0.25, 0.3) is 0 Å². The maximum Gasteiger partial charge on any atom is 2.00 e. The summed E-state index contributed by atoms with van der Waals surface area (Å²) in [6.07, 6.45) is 8.76. The van der Waals surface area contributed by atoms with E-state index in [4.69, 9.17) is 0 Å². The molecule has 0 saturated heterocycles. The first-order valence-electron chi connectivity index (χ1n) is 5.23. The zero-order valence-corrected chi connectivity index (χ0v) is 10.2. The van der Waals surface area contributed by atoms with Crippen LogP contribution in [-0.2, 0) is 17.1 Å². The SMILES string of the molecule is CC(C)c1ccccc1C1C=CC=C1.[Fe+2]. The molecule has 1 aromatic rings. The van der Waals surface area contributed by atoms with E-state index in [1.54, 1.807) is 0 Å². The molecule has 0 unspecified atom stereocenters. The molecule has 0 amide bonds. The topological polar surface area (TPSA) is 0 Å². The van der Waals surface area contributed by atoms with Gasteiger partial charge in [0.15, 0.2) is 0 Å². The summed E-state index contributed by atoms with van der Waals surface area (Å²) < 4.78 is 0. The standard InChI is InChI=1S/C14H16.Fe/c1-11(2)13-9-5-6-10-14(13)12-7-3-4-8-12;/h3-12H,1-2H3;/q;+2. The van der Waals surface area contributed by atoms with E-state index >= 15 is 0 Å². The molecule has 0 spiro atoms. The number of benzene rings is 1. The Hall–Kier alpha value is -0.781. The van der Waals surface area contributed by atoms with Crippen molar-refractivity contribution in [3.05, 3.63) is 59.7 Å². The molecule has 1 aromatic carbocycles. The van der Waals surface area contributed by atoms with Crippen LogP contribution < -0.4 is 0 Å². The van der Waals surface area contributed by atoms with E-state index in [0.29, 0.717) is 11.8 Å². The van der Waals surface area contributed by atoms with Crippen LogP contribution in [0.5, 0.6) is 0 Å². The largest absolute Gasteiger partial charge is 2.00 e. The molecule has 1 aliphatic carbocycles. The molecule has 0 radical (unpaired) electrons. The Bertz CT molecular complexity index is 363. The maximum absolute atomic E-state index is 2.25. The first kappa shape index (κ1) is 12.3. The zero-order chi connectivity index (χ0) is 9.97. The summed E-state index contributed by atoms with van der Waals surface area (Å²) in [6.45, 7) is 4.50. The number of rotatable bonds is 2. The first-order valence-corrected chi connectivity index (χ1v) is 5.23. The van der Waals surface area contributed by atoms with Crippen LogP contribution in [0.2, 0.25) is 0 Å². The minimum Gasteiger partial charge on any atom is -0.0732 e. The molecule has 1 heteroatoms. The molecule has 0 heterocycles. The average molecular weight is 240 g/mol. The fraction of sp³-hybridized carbons (Fsp3) is 0.286. The number of hydrogen-bond donors (Lipinski definition) is 0. The molecule has 0 atom stereocenters. The molecule has 0 N–H and O–H groups in total. The van der Waals surface area contributed by atoms with Crippen molar-refractivity contribution in [2.45, 2.75) is 25.7 Å². The molecule has 0 aromatic heterocycles. The Kier molecular flexibility index (Phi) is 4.38. The Morgan fingerprint density at radius 3 is 2.20 bits per heavy atom. The van der Waals surface area contributed by atoms with Crippen molar-refractivity contribution in [2.24, 2.45) is 0 Å². The van der Waals surface area contributed by atoms with E-state index in [-0.39, 0.29) is 17.1 Å². The van der Waals surface area contributed by atoms with Gasteiger partial charge >= 0.3 is 17.1 Å². The van der Waals surface area contributed by atoms with Gasteiger partial charge in [-0.3, -0.25) is 0 Å². The zero-order valence-electron chi connectivity index (χ0n) is 9.13. The van der Waals surface area contributed by atoms with Crippen LogP contribution in [0.4, 0.5) is 0 Å². The normalized spacial score (nSPS) is 14.6. The van der Waals surface area contributed by atoms with Gasteiger partial charge in [-0.1, -0.05) is 62.4 Å². The van der Waals surface area contributed by atoms with Crippen molar-refractivity contribution in [3.63, 3.8) is 0 Å². The van der Waals surface area contributed by atoms with Gasteiger partial charge < -0.3 is 0 Å². The summed E-state index contributed by atoms with van der Waals surface area (Å²) in [7, 11) is 0. The fourth-order valence-corrected chi connectivity index (χ4v) is 1.98. The van der Waals surface area contributed by atoms with Gasteiger partial charge in [0.1, 0.15) is 0 Å². The molecular formula is C14H16Fe+2. The van der Waals surface area contributed by atoms with Gasteiger partial charge in [-0.25, -0.2) is 0 Å². The van der Waals surface area contributed by atoms with Gasteiger partial charge in [-0.05, 0) is 17.0 Å². The van der Waals surface area contributed by atoms with Crippen molar-refractivity contribution < 1.29 is 17.1 Å². The van der Waals surface area contributed by atoms with E-state index in [1.165, 1.54) is 11.1 Å².